The second-order valence-electron chi connectivity index (χ2n) is 6.36. The predicted molar refractivity (Wildman–Crippen MR) is 103 cm³/mol. The van der Waals surface area contributed by atoms with E-state index in [1.807, 2.05) is 30.3 Å². The highest BCUT2D eigenvalue weighted by molar-refractivity contribution is 5.57. The van der Waals surface area contributed by atoms with Crippen molar-refractivity contribution in [2.75, 3.05) is 44.7 Å². The van der Waals surface area contributed by atoms with Crippen molar-refractivity contribution in [1.29, 1.82) is 0 Å². The van der Waals surface area contributed by atoms with E-state index in [1.54, 1.807) is 19.2 Å². The maximum Gasteiger partial charge on any atom is 0.269 e. The van der Waals surface area contributed by atoms with Gasteiger partial charge in [-0.05, 0) is 30.4 Å². The van der Waals surface area contributed by atoms with Crippen LogP contribution in [0.4, 0.5) is 11.4 Å². The zero-order chi connectivity index (χ0) is 18.4. The summed E-state index contributed by atoms with van der Waals surface area (Å²) in [5.74, 6) is 0.891. The number of benzene rings is 2. The van der Waals surface area contributed by atoms with Crippen LogP contribution in [0.5, 0.6) is 5.75 Å². The van der Waals surface area contributed by atoms with E-state index in [2.05, 4.69) is 23.1 Å². The fraction of sp³-hybridized carbons (Fsp3) is 0.300. The highest BCUT2D eigenvalue weighted by atomic mass is 16.6. The molecule has 6 nitrogen and oxygen atoms in total. The van der Waals surface area contributed by atoms with Crippen molar-refractivity contribution in [3.63, 3.8) is 0 Å². The molecular weight excluding hydrogens is 330 g/mol. The maximum absolute atomic E-state index is 10.7. The van der Waals surface area contributed by atoms with Crippen LogP contribution in [-0.2, 0) is 0 Å². The maximum atomic E-state index is 10.7. The number of ether oxygens (including phenoxy) is 1. The highest BCUT2D eigenvalue weighted by Crippen LogP contribution is 2.19. The third-order valence-corrected chi connectivity index (χ3v) is 4.74. The minimum Gasteiger partial charge on any atom is -0.496 e. The number of hydrogen-bond donors (Lipinski definition) is 1. The van der Waals surface area contributed by atoms with Crippen molar-refractivity contribution in [2.24, 2.45) is 0 Å². The molecule has 26 heavy (non-hydrogen) atoms. The molecule has 1 heterocycles. The van der Waals surface area contributed by atoms with Gasteiger partial charge in [-0.3, -0.25) is 10.1 Å². The first-order valence-corrected chi connectivity index (χ1v) is 8.80. The molecule has 3 rings (SSSR count). The van der Waals surface area contributed by atoms with Gasteiger partial charge in [0, 0.05) is 23.4 Å². The van der Waals surface area contributed by atoms with Crippen molar-refractivity contribution in [1.82, 2.24) is 0 Å². The zero-order valence-electron chi connectivity index (χ0n) is 14.9. The van der Waals surface area contributed by atoms with Gasteiger partial charge in [-0.15, -0.1) is 0 Å². The molecule has 2 aromatic carbocycles. The predicted octanol–water partition coefficient (Wildman–Crippen LogP) is 2.02. The van der Waals surface area contributed by atoms with E-state index < -0.39 is 0 Å². The van der Waals surface area contributed by atoms with Crippen LogP contribution >= 0.6 is 0 Å². The van der Waals surface area contributed by atoms with Gasteiger partial charge in [-0.1, -0.05) is 18.2 Å². The second kappa shape index (κ2) is 8.49. The molecule has 0 unspecified atom stereocenters. The summed E-state index contributed by atoms with van der Waals surface area (Å²) in [6, 6.07) is 14.8. The SMILES string of the molecule is COc1ccccc1/C=C/C[NH+]1CCN(c2ccc([N+](=O)[O-])cc2)CC1. The van der Waals surface area contributed by atoms with E-state index in [0.717, 1.165) is 49.7 Å². The minimum absolute atomic E-state index is 0.138. The summed E-state index contributed by atoms with van der Waals surface area (Å²) in [6.07, 6.45) is 4.32. The van der Waals surface area contributed by atoms with Gasteiger partial charge in [0.1, 0.15) is 5.75 Å². The monoisotopic (exact) mass is 354 g/mol. The molecule has 1 aliphatic rings. The molecule has 1 N–H and O–H groups in total. The Labute approximate surface area is 153 Å². The van der Waals surface area contributed by atoms with E-state index in [0.29, 0.717) is 0 Å². The Bertz CT molecular complexity index is 766. The zero-order valence-corrected chi connectivity index (χ0v) is 14.9. The summed E-state index contributed by atoms with van der Waals surface area (Å²) in [5.41, 5.74) is 2.29. The van der Waals surface area contributed by atoms with Crippen molar-refractivity contribution in [3.8, 4) is 5.75 Å². The first-order chi connectivity index (χ1) is 12.7. The molecule has 0 aliphatic carbocycles. The highest BCUT2D eigenvalue weighted by Gasteiger charge is 2.19. The van der Waals surface area contributed by atoms with Crippen molar-refractivity contribution in [3.05, 3.63) is 70.3 Å². The molecule has 0 aromatic heterocycles. The van der Waals surface area contributed by atoms with Crippen molar-refractivity contribution >= 4 is 17.5 Å². The summed E-state index contributed by atoms with van der Waals surface area (Å²) in [5, 5.41) is 10.7. The van der Waals surface area contributed by atoms with Crippen LogP contribution in [0.25, 0.3) is 6.08 Å². The van der Waals surface area contributed by atoms with Gasteiger partial charge >= 0.3 is 0 Å². The number of non-ortho nitro benzene ring substituents is 1. The van der Waals surface area contributed by atoms with E-state index in [4.69, 9.17) is 4.74 Å². The number of methoxy groups -OCH3 is 1. The standard InChI is InChI=1S/C20H23N3O3/c1-26-20-7-3-2-5-17(20)6-4-12-21-13-15-22(16-14-21)18-8-10-19(11-9-18)23(24)25/h2-11H,12-16H2,1H3/p+1/b6-4+. The number of nitrogens with one attached hydrogen (secondary N) is 1. The topological polar surface area (TPSA) is 60.0 Å². The molecule has 6 heteroatoms. The Morgan fingerprint density at radius 1 is 1.15 bits per heavy atom. The molecule has 1 saturated heterocycles. The number of nitrogens with zero attached hydrogens (tertiary/aromatic N) is 2. The normalized spacial score (nSPS) is 15.3. The molecule has 136 valence electrons. The Hall–Kier alpha value is -2.86. The number of para-hydroxylation sites is 1. The molecular formula is C20H24N3O3+. The minimum atomic E-state index is -0.361. The lowest BCUT2D eigenvalue weighted by Gasteiger charge is -2.33. The van der Waals surface area contributed by atoms with Gasteiger partial charge in [0.15, 0.2) is 0 Å². The molecule has 0 spiro atoms. The third kappa shape index (κ3) is 4.40. The lowest BCUT2D eigenvalue weighted by atomic mass is 10.2. The average molecular weight is 354 g/mol. The molecule has 0 radical (unpaired) electrons. The fourth-order valence-corrected chi connectivity index (χ4v) is 3.23. The number of quaternary nitrogens is 1. The molecule has 0 amide bonds. The molecule has 1 fully saturated rings. The van der Waals surface area contributed by atoms with Gasteiger partial charge < -0.3 is 14.5 Å². The number of rotatable bonds is 6. The number of hydrogen-bond acceptors (Lipinski definition) is 4. The van der Waals surface area contributed by atoms with Gasteiger partial charge in [-0.2, -0.15) is 0 Å². The van der Waals surface area contributed by atoms with Crippen LogP contribution < -0.4 is 14.5 Å². The van der Waals surface area contributed by atoms with Gasteiger partial charge in [-0.25, -0.2) is 0 Å². The molecule has 0 bridgehead atoms. The van der Waals surface area contributed by atoms with Crippen LogP contribution in [0, 0.1) is 10.1 Å². The van der Waals surface area contributed by atoms with Crippen molar-refractivity contribution in [2.45, 2.75) is 0 Å². The van der Waals surface area contributed by atoms with Gasteiger partial charge in [0.25, 0.3) is 5.69 Å². The summed E-state index contributed by atoms with van der Waals surface area (Å²) in [7, 11) is 1.69. The molecule has 1 aliphatic heterocycles. The van der Waals surface area contributed by atoms with Crippen molar-refractivity contribution < 1.29 is 14.6 Å². The van der Waals surface area contributed by atoms with Crippen LogP contribution in [-0.4, -0.2) is 44.8 Å². The van der Waals surface area contributed by atoms with E-state index in [-0.39, 0.29) is 10.6 Å². The van der Waals surface area contributed by atoms with Gasteiger partial charge in [0.2, 0.25) is 0 Å². The number of anilines is 1. The van der Waals surface area contributed by atoms with E-state index in [1.165, 1.54) is 4.90 Å². The molecule has 0 atom stereocenters. The summed E-state index contributed by atoms with van der Waals surface area (Å²) in [6.45, 7) is 4.98. The third-order valence-electron chi connectivity index (χ3n) is 4.74. The van der Waals surface area contributed by atoms with Gasteiger partial charge in [0.05, 0.1) is 44.8 Å². The number of piperazine rings is 1. The molecule has 2 aromatic rings. The smallest absolute Gasteiger partial charge is 0.269 e. The summed E-state index contributed by atoms with van der Waals surface area (Å²) < 4.78 is 5.37. The fourth-order valence-electron chi connectivity index (χ4n) is 3.23. The average Bonchev–Trinajstić information content (AvgIpc) is 2.69. The quantitative estimate of drug-likeness (QED) is 0.637. The van der Waals surface area contributed by atoms with Crippen LogP contribution in [0.15, 0.2) is 54.6 Å². The lowest BCUT2D eigenvalue weighted by molar-refractivity contribution is -0.894. The van der Waals surface area contributed by atoms with Crippen LogP contribution in [0.2, 0.25) is 0 Å². The van der Waals surface area contributed by atoms with E-state index in [9.17, 15) is 10.1 Å². The largest absolute Gasteiger partial charge is 0.496 e. The Morgan fingerprint density at radius 3 is 2.50 bits per heavy atom. The van der Waals surface area contributed by atoms with Crippen LogP contribution in [0.3, 0.4) is 0 Å². The summed E-state index contributed by atoms with van der Waals surface area (Å²) in [4.78, 5) is 14.2. The van der Waals surface area contributed by atoms with Crippen LogP contribution in [0.1, 0.15) is 5.56 Å². The second-order valence-corrected chi connectivity index (χ2v) is 6.36. The first kappa shape index (κ1) is 17.9. The molecule has 0 saturated carbocycles. The summed E-state index contributed by atoms with van der Waals surface area (Å²) >= 11 is 0. The number of nitro groups is 1. The number of nitro benzene ring substituents is 1. The first-order valence-electron chi connectivity index (χ1n) is 8.80. The Balaban J connectivity index is 1.50. The Morgan fingerprint density at radius 2 is 1.85 bits per heavy atom. The Kier molecular flexibility index (Phi) is 5.86. The lowest BCUT2D eigenvalue weighted by Crippen LogP contribution is -3.14. The van der Waals surface area contributed by atoms with E-state index >= 15 is 0 Å².